The highest BCUT2D eigenvalue weighted by molar-refractivity contribution is 6.32. The number of Topliss-reactive ketones (excluding diaryl/α,β-unsaturated/α-hetero) is 2. The number of amides is 3. The van der Waals surface area contributed by atoms with E-state index in [4.69, 9.17) is 11.6 Å². The smallest absolute Gasteiger partial charge is 0.325 e. The molecule has 0 spiro atoms. The summed E-state index contributed by atoms with van der Waals surface area (Å²) in [7, 11) is 0. The number of rotatable bonds is 5. The molecule has 0 bridgehead atoms. The van der Waals surface area contributed by atoms with Crippen molar-refractivity contribution in [2.24, 2.45) is 0 Å². The summed E-state index contributed by atoms with van der Waals surface area (Å²) in [6, 6.07) is 2.73. The van der Waals surface area contributed by atoms with Crippen LogP contribution in [0, 0.1) is 19.7 Å². The third kappa shape index (κ3) is 3.33. The van der Waals surface area contributed by atoms with Gasteiger partial charge in [-0.15, -0.1) is 0 Å². The molecule has 1 aliphatic heterocycles. The summed E-state index contributed by atoms with van der Waals surface area (Å²) in [5, 5.41) is 2.51. The zero-order valence-electron chi connectivity index (χ0n) is 16.3. The molecule has 29 heavy (non-hydrogen) atoms. The standard InChI is InChI=1S/C20H19ClFN3O4/c1-9-16(11(3)26)10(2)23-17(9)15(27)8-25-18(28)20(4,24-19(25)29)13-6-5-12(22)7-14(13)21/h5-7,23H,8H2,1-4H3,(H,24,29). The van der Waals surface area contributed by atoms with E-state index in [1.807, 2.05) is 0 Å². The number of halogens is 2. The molecule has 2 aromatic rings. The lowest BCUT2D eigenvalue weighted by molar-refractivity contribution is -0.130. The van der Waals surface area contributed by atoms with E-state index in [0.29, 0.717) is 16.8 Å². The Balaban J connectivity index is 1.90. The number of aromatic amines is 1. The summed E-state index contributed by atoms with van der Waals surface area (Å²) in [5.74, 6) is -1.97. The van der Waals surface area contributed by atoms with Crippen LogP contribution in [0.15, 0.2) is 18.2 Å². The van der Waals surface area contributed by atoms with Gasteiger partial charge in [0.25, 0.3) is 5.91 Å². The van der Waals surface area contributed by atoms with Gasteiger partial charge in [0.2, 0.25) is 0 Å². The lowest BCUT2D eigenvalue weighted by atomic mass is 9.92. The summed E-state index contributed by atoms with van der Waals surface area (Å²) in [6.45, 7) is 5.61. The monoisotopic (exact) mass is 419 g/mol. The van der Waals surface area contributed by atoms with E-state index in [-0.39, 0.29) is 22.1 Å². The van der Waals surface area contributed by atoms with E-state index in [1.54, 1.807) is 13.8 Å². The minimum atomic E-state index is -1.53. The summed E-state index contributed by atoms with van der Waals surface area (Å²) in [4.78, 5) is 53.6. The highest BCUT2D eigenvalue weighted by Crippen LogP contribution is 2.34. The average Bonchev–Trinajstić information content (AvgIpc) is 3.03. The van der Waals surface area contributed by atoms with Gasteiger partial charge in [-0.3, -0.25) is 19.3 Å². The van der Waals surface area contributed by atoms with Crippen LogP contribution in [0.3, 0.4) is 0 Å². The maximum absolute atomic E-state index is 13.4. The van der Waals surface area contributed by atoms with Crippen LogP contribution in [0.25, 0.3) is 0 Å². The minimum Gasteiger partial charge on any atom is -0.355 e. The van der Waals surface area contributed by atoms with Gasteiger partial charge in [0.1, 0.15) is 11.4 Å². The molecule has 1 aliphatic rings. The molecular formula is C20H19ClFN3O4. The Labute approximate surface area is 171 Å². The largest absolute Gasteiger partial charge is 0.355 e. The molecule has 2 heterocycles. The SMILES string of the molecule is CC(=O)c1c(C)[nH]c(C(=O)CN2C(=O)NC(C)(c3ccc(F)cc3Cl)C2=O)c1C. The minimum absolute atomic E-state index is 0.0173. The first-order valence-electron chi connectivity index (χ1n) is 8.80. The fraction of sp³-hybridized carbons (Fsp3) is 0.300. The van der Waals surface area contributed by atoms with Crippen molar-refractivity contribution in [1.82, 2.24) is 15.2 Å². The van der Waals surface area contributed by atoms with Gasteiger partial charge in [0, 0.05) is 21.8 Å². The zero-order valence-corrected chi connectivity index (χ0v) is 17.0. The highest BCUT2D eigenvalue weighted by atomic mass is 35.5. The Bertz CT molecular complexity index is 1080. The number of carbonyl (C=O) groups excluding carboxylic acids is 4. The van der Waals surface area contributed by atoms with Gasteiger partial charge in [-0.25, -0.2) is 9.18 Å². The number of H-pyrrole nitrogens is 1. The molecule has 9 heteroatoms. The molecule has 0 saturated carbocycles. The summed E-state index contributed by atoms with van der Waals surface area (Å²) >= 11 is 6.07. The number of aryl methyl sites for hydroxylation is 1. The fourth-order valence-corrected chi connectivity index (χ4v) is 4.05. The highest BCUT2D eigenvalue weighted by Gasteiger charge is 2.50. The number of urea groups is 1. The molecule has 1 saturated heterocycles. The van der Waals surface area contributed by atoms with Crippen molar-refractivity contribution in [1.29, 1.82) is 0 Å². The third-order valence-corrected chi connectivity index (χ3v) is 5.43. The lowest BCUT2D eigenvalue weighted by Crippen LogP contribution is -2.41. The van der Waals surface area contributed by atoms with Crippen molar-refractivity contribution in [3.8, 4) is 0 Å². The van der Waals surface area contributed by atoms with Crippen molar-refractivity contribution in [3.05, 3.63) is 57.1 Å². The topological polar surface area (TPSA) is 99.3 Å². The van der Waals surface area contributed by atoms with Crippen molar-refractivity contribution in [2.45, 2.75) is 33.2 Å². The number of carbonyl (C=O) groups is 4. The first-order chi connectivity index (χ1) is 13.5. The van der Waals surface area contributed by atoms with Crippen LogP contribution >= 0.6 is 11.6 Å². The molecule has 1 fully saturated rings. The van der Waals surface area contributed by atoms with Crippen LogP contribution in [0.1, 0.15) is 51.5 Å². The molecule has 1 unspecified atom stereocenters. The number of aromatic nitrogens is 1. The second-order valence-electron chi connectivity index (χ2n) is 7.17. The Morgan fingerprint density at radius 1 is 1.24 bits per heavy atom. The van der Waals surface area contributed by atoms with Gasteiger partial charge in [0.15, 0.2) is 11.6 Å². The van der Waals surface area contributed by atoms with Crippen LogP contribution < -0.4 is 5.32 Å². The van der Waals surface area contributed by atoms with E-state index in [2.05, 4.69) is 10.3 Å². The summed E-state index contributed by atoms with van der Waals surface area (Å²) < 4.78 is 13.4. The van der Waals surface area contributed by atoms with E-state index in [0.717, 1.165) is 17.0 Å². The number of nitrogens with zero attached hydrogens (tertiary/aromatic N) is 1. The molecule has 0 aliphatic carbocycles. The van der Waals surface area contributed by atoms with Crippen LogP contribution in [0.4, 0.5) is 9.18 Å². The Hall–Kier alpha value is -3.00. The molecule has 0 radical (unpaired) electrons. The van der Waals surface area contributed by atoms with E-state index < -0.39 is 35.6 Å². The quantitative estimate of drug-likeness (QED) is 0.573. The predicted molar refractivity (Wildman–Crippen MR) is 104 cm³/mol. The maximum Gasteiger partial charge on any atom is 0.325 e. The lowest BCUT2D eigenvalue weighted by Gasteiger charge is -2.23. The fourth-order valence-electron chi connectivity index (χ4n) is 3.70. The molecule has 152 valence electrons. The predicted octanol–water partition coefficient (Wildman–Crippen LogP) is 3.28. The Kier molecular flexibility index (Phi) is 5.08. The molecule has 3 amide bonds. The number of nitrogens with one attached hydrogen (secondary N) is 2. The van der Waals surface area contributed by atoms with Crippen molar-refractivity contribution < 1.29 is 23.6 Å². The first kappa shape index (κ1) is 20.7. The normalized spacial score (nSPS) is 18.9. The van der Waals surface area contributed by atoms with E-state index in [9.17, 15) is 23.6 Å². The molecule has 3 rings (SSSR count). The molecule has 1 atom stereocenters. The van der Waals surface area contributed by atoms with Crippen LogP contribution in [-0.2, 0) is 10.3 Å². The zero-order chi connectivity index (χ0) is 21.7. The second-order valence-corrected chi connectivity index (χ2v) is 7.58. The first-order valence-corrected chi connectivity index (χ1v) is 9.18. The van der Waals surface area contributed by atoms with E-state index in [1.165, 1.54) is 19.9 Å². The van der Waals surface area contributed by atoms with Crippen LogP contribution in [-0.4, -0.2) is 39.9 Å². The van der Waals surface area contributed by atoms with Gasteiger partial charge in [0.05, 0.1) is 12.2 Å². The molecule has 1 aromatic carbocycles. The number of hydrogen-bond donors (Lipinski definition) is 2. The van der Waals surface area contributed by atoms with Crippen LogP contribution in [0.5, 0.6) is 0 Å². The van der Waals surface area contributed by atoms with Gasteiger partial charge < -0.3 is 10.3 Å². The number of hydrogen-bond acceptors (Lipinski definition) is 4. The Morgan fingerprint density at radius 3 is 2.45 bits per heavy atom. The number of benzene rings is 1. The summed E-state index contributed by atoms with van der Waals surface area (Å²) in [6.07, 6.45) is 0. The molecular weight excluding hydrogens is 401 g/mol. The summed E-state index contributed by atoms with van der Waals surface area (Å²) in [5.41, 5.74) is 0.276. The van der Waals surface area contributed by atoms with Crippen LogP contribution in [0.2, 0.25) is 5.02 Å². The average molecular weight is 420 g/mol. The number of ketones is 2. The third-order valence-electron chi connectivity index (χ3n) is 5.11. The van der Waals surface area contributed by atoms with E-state index >= 15 is 0 Å². The van der Waals surface area contributed by atoms with Gasteiger partial charge in [-0.05, 0) is 45.4 Å². The molecule has 7 nitrogen and oxygen atoms in total. The van der Waals surface area contributed by atoms with Crippen molar-refractivity contribution in [2.75, 3.05) is 6.54 Å². The molecule has 1 aromatic heterocycles. The van der Waals surface area contributed by atoms with Crippen molar-refractivity contribution >= 4 is 35.1 Å². The van der Waals surface area contributed by atoms with Gasteiger partial charge in [-0.1, -0.05) is 17.7 Å². The number of imide groups is 1. The maximum atomic E-state index is 13.4. The Morgan fingerprint density at radius 2 is 1.90 bits per heavy atom. The van der Waals surface area contributed by atoms with Crippen molar-refractivity contribution in [3.63, 3.8) is 0 Å². The van der Waals surface area contributed by atoms with Gasteiger partial charge in [-0.2, -0.15) is 0 Å². The molecule has 2 N–H and O–H groups in total. The second kappa shape index (κ2) is 7.11. The van der Waals surface area contributed by atoms with Gasteiger partial charge >= 0.3 is 6.03 Å².